The summed E-state index contributed by atoms with van der Waals surface area (Å²) in [5.74, 6) is 0. The molecule has 2 aromatic rings. The lowest BCUT2D eigenvalue weighted by atomic mass is 10.1. The fourth-order valence-corrected chi connectivity index (χ4v) is 2.23. The molecule has 0 spiro atoms. The van der Waals surface area contributed by atoms with Crippen LogP contribution < -0.4 is 4.90 Å². The Bertz CT molecular complexity index is 564. The predicted molar refractivity (Wildman–Crippen MR) is 72.8 cm³/mol. The summed E-state index contributed by atoms with van der Waals surface area (Å²) in [4.78, 5) is 2.08. The van der Waals surface area contributed by atoms with Gasteiger partial charge >= 0.3 is 0 Å². The van der Waals surface area contributed by atoms with Gasteiger partial charge < -0.3 is 10.1 Å². The number of rotatable bonds is 2. The molecule has 0 saturated carbocycles. The van der Waals surface area contributed by atoms with Crippen molar-refractivity contribution in [3.8, 4) is 0 Å². The molecule has 1 aliphatic heterocycles. The second-order valence-electron chi connectivity index (χ2n) is 4.37. The summed E-state index contributed by atoms with van der Waals surface area (Å²) in [6.45, 7) is 1.06. The minimum Gasteiger partial charge on any atom is -0.622 e. The Morgan fingerprint density at radius 1 is 0.889 bits per heavy atom. The van der Waals surface area contributed by atoms with Crippen LogP contribution in [0.15, 0.2) is 60.7 Å². The number of benzene rings is 2. The summed E-state index contributed by atoms with van der Waals surface area (Å²) in [5, 5.41) is 12.0. The lowest BCUT2D eigenvalue weighted by Crippen LogP contribution is -2.23. The monoisotopic (exact) mass is 238 g/mol. The third kappa shape index (κ3) is 1.95. The highest BCUT2D eigenvalue weighted by molar-refractivity contribution is 6.01. The van der Waals surface area contributed by atoms with Gasteiger partial charge in [-0.3, -0.25) is 0 Å². The molecule has 2 aromatic carbocycles. The van der Waals surface area contributed by atoms with Crippen LogP contribution in [0.1, 0.15) is 5.56 Å². The molecule has 0 aliphatic carbocycles. The largest absolute Gasteiger partial charge is 0.622 e. The zero-order valence-electron chi connectivity index (χ0n) is 9.99. The molecule has 3 heteroatoms. The van der Waals surface area contributed by atoms with Crippen LogP contribution in [0.25, 0.3) is 0 Å². The maximum atomic E-state index is 12.0. The van der Waals surface area contributed by atoms with Crippen LogP contribution in [0.5, 0.6) is 0 Å². The van der Waals surface area contributed by atoms with Gasteiger partial charge in [-0.25, -0.2) is 0 Å². The van der Waals surface area contributed by atoms with Crippen molar-refractivity contribution in [2.45, 2.75) is 0 Å². The molecule has 1 heterocycles. The maximum Gasteiger partial charge on any atom is 0.229 e. The molecule has 1 aliphatic rings. The molecule has 3 rings (SSSR count). The quantitative estimate of drug-likeness (QED) is 0.594. The summed E-state index contributed by atoms with van der Waals surface area (Å²) in [7, 11) is 0. The smallest absolute Gasteiger partial charge is 0.229 e. The van der Waals surface area contributed by atoms with Crippen molar-refractivity contribution in [1.82, 2.24) is 0 Å². The first-order valence-corrected chi connectivity index (χ1v) is 6.00. The molecule has 0 saturated heterocycles. The Kier molecular flexibility index (Phi) is 2.73. The highest BCUT2D eigenvalue weighted by Crippen LogP contribution is 2.18. The van der Waals surface area contributed by atoms with E-state index in [1.165, 1.54) is 0 Å². The number of para-hydroxylation sites is 1. The van der Waals surface area contributed by atoms with Crippen molar-refractivity contribution in [2.24, 2.45) is 0 Å². The summed E-state index contributed by atoms with van der Waals surface area (Å²) < 4.78 is 1.07. The molecular formula is C15H14N2O. The van der Waals surface area contributed by atoms with E-state index >= 15 is 0 Å². The van der Waals surface area contributed by atoms with Gasteiger partial charge in [-0.1, -0.05) is 36.4 Å². The average molecular weight is 238 g/mol. The van der Waals surface area contributed by atoms with Gasteiger partial charge in [-0.2, -0.15) is 4.74 Å². The van der Waals surface area contributed by atoms with Crippen LogP contribution in [-0.4, -0.2) is 23.7 Å². The lowest BCUT2D eigenvalue weighted by Gasteiger charge is -2.13. The van der Waals surface area contributed by atoms with Crippen LogP contribution >= 0.6 is 0 Å². The van der Waals surface area contributed by atoms with E-state index in [9.17, 15) is 5.21 Å². The Hall–Kier alpha value is -2.29. The van der Waals surface area contributed by atoms with Gasteiger partial charge in [0.1, 0.15) is 6.54 Å². The van der Waals surface area contributed by atoms with Crippen LogP contribution in [0.2, 0.25) is 0 Å². The molecule has 18 heavy (non-hydrogen) atoms. The number of anilines is 1. The zero-order valence-corrected chi connectivity index (χ0v) is 9.99. The molecule has 0 amide bonds. The Labute approximate surface area is 106 Å². The lowest BCUT2D eigenvalue weighted by molar-refractivity contribution is -0.447. The molecule has 0 unspecified atom stereocenters. The fraction of sp³-hybridized carbons (Fsp3) is 0.133. The van der Waals surface area contributed by atoms with Crippen molar-refractivity contribution in [3.05, 3.63) is 71.4 Å². The topological polar surface area (TPSA) is 29.3 Å². The van der Waals surface area contributed by atoms with Gasteiger partial charge in [-0.05, 0) is 24.3 Å². The summed E-state index contributed by atoms with van der Waals surface area (Å²) >= 11 is 0. The summed E-state index contributed by atoms with van der Waals surface area (Å²) in [6, 6.07) is 19.9. The van der Waals surface area contributed by atoms with Gasteiger partial charge in [-0.15, -0.1) is 0 Å². The molecule has 0 fully saturated rings. The Balaban J connectivity index is 1.86. The van der Waals surface area contributed by atoms with Gasteiger partial charge in [0.25, 0.3) is 0 Å². The van der Waals surface area contributed by atoms with Crippen molar-refractivity contribution < 1.29 is 4.74 Å². The number of hydrogen-bond acceptors (Lipinski definition) is 2. The van der Waals surface area contributed by atoms with Crippen molar-refractivity contribution in [1.29, 1.82) is 0 Å². The molecule has 3 nitrogen and oxygen atoms in total. The van der Waals surface area contributed by atoms with Crippen LogP contribution in [0.3, 0.4) is 0 Å². The van der Waals surface area contributed by atoms with Crippen molar-refractivity contribution in [3.63, 3.8) is 0 Å². The fourth-order valence-electron chi connectivity index (χ4n) is 2.23. The Morgan fingerprint density at radius 2 is 1.50 bits per heavy atom. The normalized spacial score (nSPS) is 15.2. The van der Waals surface area contributed by atoms with Gasteiger partial charge in [0.05, 0.1) is 0 Å². The average Bonchev–Trinajstić information content (AvgIpc) is 2.83. The first-order valence-electron chi connectivity index (χ1n) is 6.00. The van der Waals surface area contributed by atoms with Gasteiger partial charge in [0, 0.05) is 11.3 Å². The van der Waals surface area contributed by atoms with Crippen LogP contribution in [0.4, 0.5) is 5.69 Å². The number of hydrogen-bond donors (Lipinski definition) is 0. The third-order valence-corrected chi connectivity index (χ3v) is 3.17. The van der Waals surface area contributed by atoms with Crippen LogP contribution in [0, 0.1) is 5.21 Å². The van der Waals surface area contributed by atoms with E-state index in [0.29, 0.717) is 13.2 Å². The molecule has 90 valence electrons. The Morgan fingerprint density at radius 3 is 2.17 bits per heavy atom. The van der Waals surface area contributed by atoms with E-state index in [1.807, 2.05) is 60.7 Å². The summed E-state index contributed by atoms with van der Waals surface area (Å²) in [6.07, 6.45) is 0. The van der Waals surface area contributed by atoms with E-state index in [0.717, 1.165) is 21.7 Å². The second-order valence-corrected chi connectivity index (χ2v) is 4.37. The third-order valence-electron chi connectivity index (χ3n) is 3.17. The molecule has 0 atom stereocenters. The molecule has 0 aromatic heterocycles. The predicted octanol–water partition coefficient (Wildman–Crippen LogP) is 2.46. The first-order chi connectivity index (χ1) is 8.84. The van der Waals surface area contributed by atoms with Gasteiger partial charge in [0.15, 0.2) is 0 Å². The van der Waals surface area contributed by atoms with E-state index in [1.54, 1.807) is 0 Å². The molecular weight excluding hydrogens is 224 g/mol. The minimum atomic E-state index is 0.397. The molecule has 0 radical (unpaired) electrons. The van der Waals surface area contributed by atoms with E-state index in [2.05, 4.69) is 4.90 Å². The highest BCUT2D eigenvalue weighted by Gasteiger charge is 2.26. The summed E-state index contributed by atoms with van der Waals surface area (Å²) in [5.41, 5.74) is 2.93. The van der Waals surface area contributed by atoms with E-state index in [-0.39, 0.29) is 0 Å². The number of nitrogens with zero attached hydrogens (tertiary/aromatic N) is 2. The zero-order chi connectivity index (χ0) is 12.4. The van der Waals surface area contributed by atoms with E-state index < -0.39 is 0 Å². The SMILES string of the molecule is [O-][N+]1=C(c2ccccc2)CN(c2ccccc2)C1. The standard InChI is InChI=1S/C15H14N2O/c18-17-12-16(14-9-5-2-6-10-14)11-15(17)13-7-3-1-4-8-13/h1-10H,11-12H2. The van der Waals surface area contributed by atoms with Crippen molar-refractivity contribution in [2.75, 3.05) is 18.1 Å². The molecule has 0 N–H and O–H groups in total. The second kappa shape index (κ2) is 4.53. The van der Waals surface area contributed by atoms with Gasteiger partial charge in [0.2, 0.25) is 12.4 Å². The maximum absolute atomic E-state index is 12.0. The van der Waals surface area contributed by atoms with Crippen molar-refractivity contribution >= 4 is 11.4 Å². The molecule has 0 bridgehead atoms. The van der Waals surface area contributed by atoms with Crippen LogP contribution in [-0.2, 0) is 0 Å². The number of hydroxylamine groups is 1. The first kappa shape index (κ1) is 10.8. The highest BCUT2D eigenvalue weighted by atomic mass is 16.5. The minimum absolute atomic E-state index is 0.397. The van der Waals surface area contributed by atoms with E-state index in [4.69, 9.17) is 0 Å².